The summed E-state index contributed by atoms with van der Waals surface area (Å²) in [5.41, 5.74) is 4.45. The molecular formula is C13H15BrN4O2. The van der Waals surface area contributed by atoms with E-state index >= 15 is 0 Å². The number of nitrogens with one attached hydrogen (secondary N) is 1. The number of hydrogen-bond acceptors (Lipinski definition) is 6. The number of rotatable bonds is 5. The molecule has 0 aliphatic heterocycles. The first-order valence-electron chi connectivity index (χ1n) is 5.85. The second-order valence-electron chi connectivity index (χ2n) is 3.99. The Kier molecular flexibility index (Phi) is 4.89. The fraction of sp³-hybridized carbons (Fsp3) is 0.231. The van der Waals surface area contributed by atoms with Gasteiger partial charge in [-0.05, 0) is 18.2 Å². The largest absolute Gasteiger partial charge is 0.496 e. The first-order valence-corrected chi connectivity index (χ1v) is 6.64. The summed E-state index contributed by atoms with van der Waals surface area (Å²) in [6.07, 6.45) is 3.33. The van der Waals surface area contributed by atoms with Crippen molar-refractivity contribution in [3.05, 3.63) is 46.2 Å². The summed E-state index contributed by atoms with van der Waals surface area (Å²) in [4.78, 5) is 8.18. The second-order valence-corrected chi connectivity index (χ2v) is 4.90. The van der Waals surface area contributed by atoms with Gasteiger partial charge in [0.05, 0.1) is 20.3 Å². The van der Waals surface area contributed by atoms with E-state index < -0.39 is 0 Å². The number of hydrogen-bond donors (Lipinski definition) is 2. The van der Waals surface area contributed by atoms with E-state index in [0.29, 0.717) is 6.01 Å². The molecule has 1 aromatic heterocycles. The Morgan fingerprint density at radius 3 is 2.45 bits per heavy atom. The number of halogens is 1. The van der Waals surface area contributed by atoms with Gasteiger partial charge in [0, 0.05) is 28.0 Å². The second kappa shape index (κ2) is 6.65. The van der Waals surface area contributed by atoms with Gasteiger partial charge in [-0.3, -0.25) is 5.84 Å². The molecule has 0 spiro atoms. The zero-order valence-corrected chi connectivity index (χ0v) is 12.7. The van der Waals surface area contributed by atoms with Gasteiger partial charge in [-0.25, -0.2) is 15.4 Å². The highest BCUT2D eigenvalue weighted by molar-refractivity contribution is 9.10. The summed E-state index contributed by atoms with van der Waals surface area (Å²) in [5, 5.41) is 0. The third-order valence-corrected chi connectivity index (χ3v) is 3.33. The van der Waals surface area contributed by atoms with Crippen LogP contribution in [0.3, 0.4) is 0 Å². The molecule has 0 aliphatic rings. The van der Waals surface area contributed by atoms with Gasteiger partial charge in [-0.2, -0.15) is 0 Å². The van der Waals surface area contributed by atoms with Gasteiger partial charge < -0.3 is 9.47 Å². The minimum absolute atomic E-state index is 0.284. The average molecular weight is 339 g/mol. The molecular weight excluding hydrogens is 324 g/mol. The molecule has 0 amide bonds. The first kappa shape index (κ1) is 14.7. The van der Waals surface area contributed by atoms with Gasteiger partial charge in [0.25, 0.3) is 0 Å². The van der Waals surface area contributed by atoms with Crippen LogP contribution >= 0.6 is 15.9 Å². The SMILES string of the molecule is COc1ncc(C(NN)c2cc(Br)ccc2OC)cn1. The number of ether oxygens (including phenoxy) is 2. The Labute approximate surface area is 125 Å². The Balaban J connectivity index is 2.43. The number of nitrogens with zero attached hydrogens (tertiary/aromatic N) is 2. The number of hydrazine groups is 1. The predicted octanol–water partition coefficient (Wildman–Crippen LogP) is 1.81. The normalized spacial score (nSPS) is 12.0. The summed E-state index contributed by atoms with van der Waals surface area (Å²) in [6, 6.07) is 5.74. The Morgan fingerprint density at radius 1 is 1.20 bits per heavy atom. The number of methoxy groups -OCH3 is 2. The van der Waals surface area contributed by atoms with Crippen LogP contribution in [0, 0.1) is 0 Å². The molecule has 0 saturated carbocycles. The molecule has 7 heteroatoms. The zero-order valence-electron chi connectivity index (χ0n) is 11.1. The van der Waals surface area contributed by atoms with Crippen molar-refractivity contribution in [2.24, 2.45) is 5.84 Å². The van der Waals surface area contributed by atoms with E-state index in [9.17, 15) is 0 Å². The van der Waals surface area contributed by atoms with Crippen LogP contribution in [-0.2, 0) is 0 Å². The number of aromatic nitrogens is 2. The van der Waals surface area contributed by atoms with Crippen molar-refractivity contribution in [3.63, 3.8) is 0 Å². The van der Waals surface area contributed by atoms with Gasteiger partial charge >= 0.3 is 6.01 Å². The Morgan fingerprint density at radius 2 is 1.90 bits per heavy atom. The molecule has 0 aliphatic carbocycles. The maximum Gasteiger partial charge on any atom is 0.316 e. The van der Waals surface area contributed by atoms with E-state index in [4.69, 9.17) is 15.3 Å². The average Bonchev–Trinajstić information content (AvgIpc) is 2.49. The Bertz CT molecular complexity index is 577. The molecule has 6 nitrogen and oxygen atoms in total. The summed E-state index contributed by atoms with van der Waals surface area (Å²) in [6.45, 7) is 0. The van der Waals surface area contributed by atoms with Crippen molar-refractivity contribution in [1.29, 1.82) is 0 Å². The molecule has 20 heavy (non-hydrogen) atoms. The molecule has 0 saturated heterocycles. The molecule has 1 unspecified atom stereocenters. The molecule has 1 heterocycles. The van der Waals surface area contributed by atoms with Crippen molar-refractivity contribution >= 4 is 15.9 Å². The van der Waals surface area contributed by atoms with Gasteiger partial charge in [0.1, 0.15) is 5.75 Å². The van der Waals surface area contributed by atoms with Crippen LogP contribution in [0.1, 0.15) is 17.2 Å². The highest BCUT2D eigenvalue weighted by atomic mass is 79.9. The van der Waals surface area contributed by atoms with Crippen LogP contribution in [-0.4, -0.2) is 24.2 Å². The third-order valence-electron chi connectivity index (χ3n) is 2.83. The summed E-state index contributed by atoms with van der Waals surface area (Å²) in [5.74, 6) is 6.40. The van der Waals surface area contributed by atoms with Gasteiger partial charge in [-0.1, -0.05) is 15.9 Å². The van der Waals surface area contributed by atoms with E-state index in [0.717, 1.165) is 21.3 Å². The maximum absolute atomic E-state index is 5.67. The molecule has 0 bridgehead atoms. The standard InChI is InChI=1S/C13H15BrN4O2/c1-19-11-4-3-9(14)5-10(11)12(18-15)8-6-16-13(20-2)17-7-8/h3-7,12,18H,15H2,1-2H3. The molecule has 0 fully saturated rings. The summed E-state index contributed by atoms with van der Waals surface area (Å²) in [7, 11) is 3.13. The molecule has 3 N–H and O–H groups in total. The molecule has 2 aromatic rings. The molecule has 0 radical (unpaired) electrons. The molecule has 2 rings (SSSR count). The van der Waals surface area contributed by atoms with E-state index in [1.165, 1.54) is 7.11 Å². The van der Waals surface area contributed by atoms with Crippen LogP contribution in [0.5, 0.6) is 11.8 Å². The van der Waals surface area contributed by atoms with Crippen molar-refractivity contribution < 1.29 is 9.47 Å². The lowest BCUT2D eigenvalue weighted by Gasteiger charge is -2.19. The van der Waals surface area contributed by atoms with Crippen LogP contribution < -0.4 is 20.7 Å². The quantitative estimate of drug-likeness (QED) is 0.639. The number of nitrogens with two attached hydrogens (primary N) is 1. The van der Waals surface area contributed by atoms with Crippen LogP contribution in [0.25, 0.3) is 0 Å². The predicted molar refractivity (Wildman–Crippen MR) is 78.4 cm³/mol. The van der Waals surface area contributed by atoms with E-state index in [-0.39, 0.29) is 6.04 Å². The van der Waals surface area contributed by atoms with Crippen molar-refractivity contribution in [2.75, 3.05) is 14.2 Å². The molecule has 1 atom stereocenters. The summed E-state index contributed by atoms with van der Waals surface area (Å²) < 4.78 is 11.2. The van der Waals surface area contributed by atoms with Crippen LogP contribution in [0.2, 0.25) is 0 Å². The zero-order chi connectivity index (χ0) is 14.5. The van der Waals surface area contributed by atoms with Crippen molar-refractivity contribution in [1.82, 2.24) is 15.4 Å². The molecule has 1 aromatic carbocycles. The fourth-order valence-corrected chi connectivity index (χ4v) is 2.26. The smallest absolute Gasteiger partial charge is 0.316 e. The van der Waals surface area contributed by atoms with Gasteiger partial charge in [0.15, 0.2) is 0 Å². The lowest BCUT2D eigenvalue weighted by molar-refractivity contribution is 0.378. The topological polar surface area (TPSA) is 82.3 Å². The minimum atomic E-state index is -0.284. The minimum Gasteiger partial charge on any atom is -0.496 e. The van der Waals surface area contributed by atoms with Gasteiger partial charge in [0.2, 0.25) is 0 Å². The fourth-order valence-electron chi connectivity index (χ4n) is 1.88. The maximum atomic E-state index is 5.67. The first-order chi connectivity index (χ1) is 9.69. The van der Waals surface area contributed by atoms with E-state index in [1.807, 2.05) is 18.2 Å². The monoisotopic (exact) mass is 338 g/mol. The lowest BCUT2D eigenvalue weighted by Crippen LogP contribution is -2.29. The van der Waals surface area contributed by atoms with Crippen LogP contribution in [0.15, 0.2) is 35.1 Å². The lowest BCUT2D eigenvalue weighted by atomic mass is 10.0. The molecule has 106 valence electrons. The van der Waals surface area contributed by atoms with E-state index in [2.05, 4.69) is 31.3 Å². The summed E-state index contributed by atoms with van der Waals surface area (Å²) >= 11 is 3.44. The van der Waals surface area contributed by atoms with E-state index in [1.54, 1.807) is 19.5 Å². The van der Waals surface area contributed by atoms with Gasteiger partial charge in [-0.15, -0.1) is 0 Å². The number of benzene rings is 1. The highest BCUT2D eigenvalue weighted by Crippen LogP contribution is 2.31. The van der Waals surface area contributed by atoms with Crippen molar-refractivity contribution in [2.45, 2.75) is 6.04 Å². The van der Waals surface area contributed by atoms with Crippen molar-refractivity contribution in [3.8, 4) is 11.8 Å². The Hall–Kier alpha value is -1.70. The third kappa shape index (κ3) is 3.06. The highest BCUT2D eigenvalue weighted by Gasteiger charge is 2.18. The van der Waals surface area contributed by atoms with Crippen LogP contribution in [0.4, 0.5) is 0 Å².